The summed E-state index contributed by atoms with van der Waals surface area (Å²) >= 11 is 0. The summed E-state index contributed by atoms with van der Waals surface area (Å²) in [5, 5.41) is 8.18. The van der Waals surface area contributed by atoms with E-state index in [4.69, 9.17) is 5.11 Å². The first kappa shape index (κ1) is 10.6. The molecule has 0 aliphatic rings. The first-order valence-electron chi connectivity index (χ1n) is 3.17. The molecule has 0 aliphatic heterocycles. The standard InChI is InChI=1S/C7H10O5/c1-5(2)7(10)12-4-11-6(9)3-8/h8H,1,3-4H2,2H3. The zero-order valence-corrected chi connectivity index (χ0v) is 6.70. The highest BCUT2D eigenvalue weighted by Gasteiger charge is 2.04. The van der Waals surface area contributed by atoms with Crippen molar-refractivity contribution in [2.75, 3.05) is 13.4 Å². The van der Waals surface area contributed by atoms with Crippen LogP contribution in [0.25, 0.3) is 0 Å². The fraction of sp³-hybridized carbons (Fsp3) is 0.429. The van der Waals surface area contributed by atoms with Crippen LogP contribution in [-0.4, -0.2) is 30.4 Å². The monoisotopic (exact) mass is 174 g/mol. The van der Waals surface area contributed by atoms with Gasteiger partial charge in [-0.3, -0.25) is 0 Å². The fourth-order valence-corrected chi connectivity index (χ4v) is 0.318. The molecule has 68 valence electrons. The number of carbonyl (C=O) groups excluding carboxylic acids is 2. The number of rotatable bonds is 4. The van der Waals surface area contributed by atoms with Crippen LogP contribution in [-0.2, 0) is 19.1 Å². The molecule has 0 spiro atoms. The second-order valence-electron chi connectivity index (χ2n) is 2.00. The third-order valence-corrected chi connectivity index (χ3v) is 0.887. The lowest BCUT2D eigenvalue weighted by Crippen LogP contribution is -2.15. The number of hydrogen-bond acceptors (Lipinski definition) is 5. The molecule has 0 rings (SSSR count). The van der Waals surface area contributed by atoms with E-state index in [9.17, 15) is 9.59 Å². The van der Waals surface area contributed by atoms with Gasteiger partial charge in [-0.1, -0.05) is 6.58 Å². The summed E-state index contributed by atoms with van der Waals surface area (Å²) in [5.74, 6) is -1.48. The molecule has 0 radical (unpaired) electrons. The summed E-state index contributed by atoms with van der Waals surface area (Å²) in [6, 6.07) is 0. The topological polar surface area (TPSA) is 72.8 Å². The maximum Gasteiger partial charge on any atom is 0.335 e. The Morgan fingerprint density at radius 3 is 2.42 bits per heavy atom. The van der Waals surface area contributed by atoms with Crippen LogP contribution in [0.1, 0.15) is 6.92 Å². The fourth-order valence-electron chi connectivity index (χ4n) is 0.318. The minimum absolute atomic E-state index is 0.218. The molecule has 5 heteroatoms. The Labute approximate surface area is 69.6 Å². The number of hydrogen-bond donors (Lipinski definition) is 1. The Balaban J connectivity index is 3.50. The Morgan fingerprint density at radius 1 is 1.42 bits per heavy atom. The van der Waals surface area contributed by atoms with Gasteiger partial charge in [-0.05, 0) is 6.92 Å². The third-order valence-electron chi connectivity index (χ3n) is 0.887. The van der Waals surface area contributed by atoms with Gasteiger partial charge in [0.05, 0.1) is 0 Å². The average Bonchev–Trinajstić information content (AvgIpc) is 2.03. The summed E-state index contributed by atoms with van der Waals surface area (Å²) in [7, 11) is 0. The highest BCUT2D eigenvalue weighted by Crippen LogP contribution is 1.91. The zero-order valence-electron chi connectivity index (χ0n) is 6.70. The molecule has 0 heterocycles. The van der Waals surface area contributed by atoms with Crippen LogP contribution in [0.5, 0.6) is 0 Å². The first-order chi connectivity index (χ1) is 5.57. The van der Waals surface area contributed by atoms with Crippen LogP contribution in [0.2, 0.25) is 0 Å². The second kappa shape index (κ2) is 5.31. The third kappa shape index (κ3) is 4.45. The van der Waals surface area contributed by atoms with Crippen molar-refractivity contribution in [3.63, 3.8) is 0 Å². The van der Waals surface area contributed by atoms with Gasteiger partial charge in [-0.15, -0.1) is 0 Å². The highest BCUT2D eigenvalue weighted by molar-refractivity contribution is 5.86. The molecule has 0 atom stereocenters. The smallest absolute Gasteiger partial charge is 0.335 e. The molecule has 5 nitrogen and oxygen atoms in total. The Hall–Kier alpha value is -1.36. The van der Waals surface area contributed by atoms with Crippen molar-refractivity contribution in [2.45, 2.75) is 6.92 Å². The van der Waals surface area contributed by atoms with Gasteiger partial charge in [0, 0.05) is 5.57 Å². The molecule has 0 saturated carbocycles. The van der Waals surface area contributed by atoms with Crippen LogP contribution >= 0.6 is 0 Å². The number of aliphatic hydroxyl groups is 1. The van der Waals surface area contributed by atoms with E-state index in [1.807, 2.05) is 0 Å². The lowest BCUT2D eigenvalue weighted by Gasteiger charge is -2.03. The molecule has 0 aromatic heterocycles. The molecular formula is C7H10O5. The van der Waals surface area contributed by atoms with E-state index in [1.165, 1.54) is 6.92 Å². The average molecular weight is 174 g/mol. The summed E-state index contributed by atoms with van der Waals surface area (Å²) in [4.78, 5) is 20.9. The normalized spacial score (nSPS) is 8.83. The van der Waals surface area contributed by atoms with Crippen LogP contribution in [0.3, 0.4) is 0 Å². The molecule has 12 heavy (non-hydrogen) atoms. The van der Waals surface area contributed by atoms with Crippen molar-refractivity contribution in [3.05, 3.63) is 12.2 Å². The summed E-state index contributed by atoms with van der Waals surface area (Å²) in [5.41, 5.74) is 0.218. The summed E-state index contributed by atoms with van der Waals surface area (Å²) < 4.78 is 8.62. The Kier molecular flexibility index (Phi) is 4.71. The summed E-state index contributed by atoms with van der Waals surface area (Å²) in [6.07, 6.45) is 0. The van der Waals surface area contributed by atoms with Gasteiger partial charge in [0.15, 0.2) is 0 Å². The molecule has 0 bridgehead atoms. The lowest BCUT2D eigenvalue weighted by molar-refractivity contribution is -0.166. The van der Waals surface area contributed by atoms with E-state index >= 15 is 0 Å². The van der Waals surface area contributed by atoms with E-state index in [0.717, 1.165) is 0 Å². The molecule has 0 unspecified atom stereocenters. The van der Waals surface area contributed by atoms with E-state index in [2.05, 4.69) is 16.1 Å². The molecule has 0 aliphatic carbocycles. The molecule has 0 fully saturated rings. The molecule has 0 amide bonds. The van der Waals surface area contributed by atoms with E-state index in [1.54, 1.807) is 0 Å². The van der Waals surface area contributed by atoms with Crippen LogP contribution in [0, 0.1) is 0 Å². The minimum Gasteiger partial charge on any atom is -0.426 e. The molecule has 0 aromatic rings. The largest absolute Gasteiger partial charge is 0.426 e. The van der Waals surface area contributed by atoms with Crippen LogP contribution in [0.15, 0.2) is 12.2 Å². The Morgan fingerprint density at radius 2 is 2.00 bits per heavy atom. The van der Waals surface area contributed by atoms with Crippen LogP contribution < -0.4 is 0 Å². The van der Waals surface area contributed by atoms with Crippen molar-refractivity contribution < 1.29 is 24.2 Å². The first-order valence-corrected chi connectivity index (χ1v) is 3.17. The van der Waals surface area contributed by atoms with E-state index in [0.29, 0.717) is 0 Å². The van der Waals surface area contributed by atoms with Gasteiger partial charge in [-0.2, -0.15) is 0 Å². The maximum atomic E-state index is 10.6. The summed E-state index contributed by atoms with van der Waals surface area (Å²) in [6.45, 7) is 3.55. The van der Waals surface area contributed by atoms with E-state index in [-0.39, 0.29) is 5.57 Å². The Bertz CT molecular complexity index is 196. The van der Waals surface area contributed by atoms with Crippen LogP contribution in [0.4, 0.5) is 0 Å². The number of ether oxygens (including phenoxy) is 2. The maximum absolute atomic E-state index is 10.6. The predicted octanol–water partition coefficient (Wildman–Crippen LogP) is -0.401. The number of carbonyl (C=O) groups is 2. The van der Waals surface area contributed by atoms with Gasteiger partial charge in [0.1, 0.15) is 6.61 Å². The van der Waals surface area contributed by atoms with Gasteiger partial charge in [-0.25, -0.2) is 9.59 Å². The second-order valence-corrected chi connectivity index (χ2v) is 2.00. The van der Waals surface area contributed by atoms with Crippen molar-refractivity contribution in [2.24, 2.45) is 0 Å². The predicted molar refractivity (Wildman–Crippen MR) is 39.0 cm³/mol. The lowest BCUT2D eigenvalue weighted by atomic mass is 10.4. The molecule has 0 saturated heterocycles. The van der Waals surface area contributed by atoms with Crippen molar-refractivity contribution in [3.8, 4) is 0 Å². The van der Waals surface area contributed by atoms with Gasteiger partial charge < -0.3 is 14.6 Å². The van der Waals surface area contributed by atoms with Crippen molar-refractivity contribution in [1.82, 2.24) is 0 Å². The van der Waals surface area contributed by atoms with Gasteiger partial charge >= 0.3 is 11.9 Å². The highest BCUT2D eigenvalue weighted by atomic mass is 16.7. The van der Waals surface area contributed by atoms with Gasteiger partial charge in [0.2, 0.25) is 6.79 Å². The van der Waals surface area contributed by atoms with Crippen molar-refractivity contribution >= 4 is 11.9 Å². The number of aliphatic hydroxyl groups excluding tert-OH is 1. The molecule has 1 N–H and O–H groups in total. The molecule has 0 aromatic carbocycles. The SMILES string of the molecule is C=C(C)C(=O)OCOC(=O)CO. The quantitative estimate of drug-likeness (QED) is 0.356. The van der Waals surface area contributed by atoms with E-state index < -0.39 is 25.3 Å². The van der Waals surface area contributed by atoms with Crippen molar-refractivity contribution in [1.29, 1.82) is 0 Å². The minimum atomic E-state index is -0.843. The number of esters is 2. The zero-order chi connectivity index (χ0) is 9.56. The van der Waals surface area contributed by atoms with Gasteiger partial charge in [0.25, 0.3) is 0 Å². The molecular weight excluding hydrogens is 164 g/mol.